The van der Waals surface area contributed by atoms with Crippen molar-refractivity contribution in [1.82, 2.24) is 0 Å². The summed E-state index contributed by atoms with van der Waals surface area (Å²) in [7, 11) is 0. The number of quaternary nitrogens is 3. The lowest BCUT2D eigenvalue weighted by Gasteiger charge is -2.52. The number of carboxylic acids is 3. The van der Waals surface area contributed by atoms with Crippen molar-refractivity contribution >= 4 is 69.8 Å². The Bertz CT molecular complexity index is 4490. The number of rotatable bonds is 27. The van der Waals surface area contributed by atoms with Crippen molar-refractivity contribution in [3.63, 3.8) is 0 Å². The van der Waals surface area contributed by atoms with E-state index in [0.29, 0.717) is 54.2 Å². The van der Waals surface area contributed by atoms with Crippen molar-refractivity contribution in [1.29, 1.82) is 5.26 Å². The van der Waals surface area contributed by atoms with E-state index in [1.54, 1.807) is 12.1 Å². The number of aliphatic carboxylic acids is 3. The molecule has 2 saturated carbocycles. The minimum atomic E-state index is -5.19. The molecule has 12 heterocycles. The highest BCUT2D eigenvalue weighted by Gasteiger charge is 2.56. The first-order chi connectivity index (χ1) is 59.5. The van der Waals surface area contributed by atoms with E-state index in [1.165, 1.54) is 65.5 Å². The van der Waals surface area contributed by atoms with Crippen LogP contribution in [0.2, 0.25) is 0 Å². The van der Waals surface area contributed by atoms with E-state index in [0.717, 1.165) is 215 Å². The summed E-state index contributed by atoms with van der Waals surface area (Å²) < 4.78 is 128. The van der Waals surface area contributed by atoms with Gasteiger partial charge in [0.05, 0.1) is 83.7 Å². The van der Waals surface area contributed by atoms with Gasteiger partial charge in [-0.15, -0.1) is 34.0 Å². The zero-order valence-corrected chi connectivity index (χ0v) is 72.0. The van der Waals surface area contributed by atoms with Gasteiger partial charge in [0.15, 0.2) is 35.1 Å². The predicted molar refractivity (Wildman–Crippen MR) is 441 cm³/mol. The van der Waals surface area contributed by atoms with Gasteiger partial charge in [-0.1, -0.05) is 142 Å². The molecule has 9 saturated heterocycles. The Kier molecular flexibility index (Phi) is 35.1. The maximum absolute atomic E-state index is 13.7. The number of carboxylic acid groups (broad SMARTS) is 3. The summed E-state index contributed by atoms with van der Waals surface area (Å²) in [5, 5.41) is 76.5. The number of fused-ring (bicyclic) bond motifs is 9. The fraction of sp³-hybridized carbons (Fsp3) is 0.533. The number of esters is 3. The first kappa shape index (κ1) is 98.2. The minimum Gasteiger partial charge on any atom is -0.542 e. The highest BCUT2D eigenvalue weighted by atomic mass is 32.1. The molecule has 33 heteroatoms. The molecule has 6 bridgehead atoms. The van der Waals surface area contributed by atoms with Gasteiger partial charge >= 0.3 is 36.4 Å². The van der Waals surface area contributed by atoms with Crippen LogP contribution in [0.15, 0.2) is 168 Å². The number of carbonyl (C=O) groups is 6. The summed E-state index contributed by atoms with van der Waals surface area (Å²) in [6, 6.07) is 51.4. The molecule has 9 aliphatic heterocycles. The molecular weight excluding hydrogens is 1700 g/mol. The number of aryl methyl sites for hydroxylation is 1. The number of nitriles is 1. The molecule has 11 aliphatic rings. The van der Waals surface area contributed by atoms with E-state index >= 15 is 0 Å². The number of ether oxygens (including phenoxy) is 5. The maximum atomic E-state index is 13.7. The Morgan fingerprint density at radius 3 is 1.10 bits per heavy atom. The van der Waals surface area contributed by atoms with Crippen LogP contribution >= 0.6 is 34.0 Å². The number of carbonyl (C=O) groups excluding carboxylic acids is 6. The van der Waals surface area contributed by atoms with Gasteiger partial charge in [0.1, 0.15) is 49.0 Å². The lowest BCUT2D eigenvalue weighted by atomic mass is 9.75. The van der Waals surface area contributed by atoms with Crippen molar-refractivity contribution < 1.29 is 136 Å². The van der Waals surface area contributed by atoms with Gasteiger partial charge in [-0.25, -0.2) is 14.4 Å². The van der Waals surface area contributed by atoms with Crippen molar-refractivity contribution in [3.05, 3.63) is 199 Å². The van der Waals surface area contributed by atoms with Crippen LogP contribution in [0.25, 0.3) is 0 Å². The highest BCUT2D eigenvalue weighted by molar-refractivity contribution is 7.10. The summed E-state index contributed by atoms with van der Waals surface area (Å²) in [4.78, 5) is 69.3. The molecule has 125 heavy (non-hydrogen) atoms. The first-order valence-electron chi connectivity index (χ1n) is 42.7. The first-order valence-corrected chi connectivity index (χ1v) is 45.4. The lowest BCUT2D eigenvalue weighted by Crippen LogP contribution is -2.65. The van der Waals surface area contributed by atoms with Gasteiger partial charge in [-0.3, -0.25) is 0 Å². The number of para-hydroxylation sites is 1. The number of alkyl halides is 9. The van der Waals surface area contributed by atoms with Crippen LogP contribution in [0.3, 0.4) is 0 Å². The van der Waals surface area contributed by atoms with Gasteiger partial charge < -0.3 is 82.2 Å². The molecule has 1 unspecified atom stereocenters. The van der Waals surface area contributed by atoms with Gasteiger partial charge in [0.25, 0.3) is 0 Å². The van der Waals surface area contributed by atoms with Crippen molar-refractivity contribution in [3.8, 4) is 17.6 Å². The fourth-order valence-electron chi connectivity index (χ4n) is 18.8. The van der Waals surface area contributed by atoms with Crippen LogP contribution in [-0.2, 0) is 72.6 Å². The molecule has 6 atom stereocenters. The number of thiophene rings is 3. The molecule has 0 spiro atoms. The molecule has 0 radical (unpaired) electrons. The Hall–Kier alpha value is -8.98. The Morgan fingerprint density at radius 1 is 0.408 bits per heavy atom. The summed E-state index contributed by atoms with van der Waals surface area (Å²) in [6.07, 6.45) is 4.59. The van der Waals surface area contributed by atoms with Gasteiger partial charge in [-0.05, 0) is 114 Å². The molecule has 0 amide bonds. The Labute approximate surface area is 733 Å². The molecule has 2 aliphatic carbocycles. The van der Waals surface area contributed by atoms with Crippen LogP contribution in [0.5, 0.6) is 11.5 Å². The second kappa shape index (κ2) is 44.6. The Balaban J connectivity index is 0.000000175. The molecule has 4 aromatic carbocycles. The number of benzene rings is 4. The molecule has 680 valence electrons. The molecular formula is C92H109F9N4O17S3. The molecule has 18 rings (SSSR count). The van der Waals surface area contributed by atoms with E-state index < -0.39 is 71.1 Å². The molecule has 21 nitrogen and oxygen atoms in total. The SMILES string of the molecule is N#Cc1cccc(OCCC[N+]23CCC(CC2)[C@@H](OC(=O)[C@@](O)(c2cccs2)C2CCCCC2)C3)c1.O=C(O[C@H]1C[N+]2(CCCOc3ccccc3)CCC1CC2)C(O)(CCc1ccccc1)c1cccs1.O=C(O[C@H]1C[N+]2(CCc3ccccc3)CCC1CC2)[C@@](O)(c1cccs1)C1CCCCC1.O=C([O-])C(F)(F)F.O=C([O-])C(F)(F)F.O=C([O-])C(F)(F)F. The van der Waals surface area contributed by atoms with Crippen LogP contribution < -0.4 is 24.8 Å². The van der Waals surface area contributed by atoms with Gasteiger partial charge in [0, 0.05) is 102 Å². The molecule has 7 aromatic rings. The standard InChI is InChI=1S/C30H36NO4S.C29H37N2O4S.C27H36NO3S.3C2HF3O2/c32-29(30(33,28-13-7-22-36-28)17-14-24-9-3-1-4-10-24)35-27-23-31(19-15-25(27)16-20-31)18-8-21-34-26-11-5-2-6-12-26;30-20-22-7-4-10-25(19-22)34-17-6-14-31-15-12-23(13-16-31)26(21-31)35-28(32)29(33,27-11-5-18-36-27)24-8-2-1-3-9-24;29-26(27(30,25-12-7-19-32-25)23-10-5-2-6-11-23)31-24-20-28(17-14-22(24)15-18-28)16-13-21-8-3-1-4-9-21;3*3-2(4,5)1(6)7/h1-7,9-13,22,25,27,33H,8,14-21,23H2;4-5,7,10-11,18-19,23-24,26,33H,1-3,6,8-9,12-17,21H2;1,3-4,7-9,12,19,22-24,30H,2,5-6,10-11,13-18,20H2;3*(H,6,7)/q3*+1;;;/p-3/t25?,27-,30?,31?;23?,26-,29-,31?;22?,24-,27-,28?;;;/m000.../s1. The zero-order chi connectivity index (χ0) is 90.1. The number of piperidine rings is 9. The van der Waals surface area contributed by atoms with Gasteiger partial charge in [-0.2, -0.15) is 44.8 Å². The Morgan fingerprint density at radius 2 is 0.744 bits per heavy atom. The van der Waals surface area contributed by atoms with Crippen molar-refractivity contribution in [2.24, 2.45) is 29.6 Å². The number of halogens is 9. The summed E-state index contributed by atoms with van der Waals surface area (Å²) in [5.41, 5.74) is -1.55. The summed E-state index contributed by atoms with van der Waals surface area (Å²) in [6.45, 7) is 13.8. The average Bonchev–Trinajstić information content (AvgIpc) is 1.62. The number of hydrogen-bond acceptors (Lipinski definition) is 21. The third-order valence-electron chi connectivity index (χ3n) is 25.8. The third-order valence-corrected chi connectivity index (χ3v) is 28.8. The van der Waals surface area contributed by atoms with Crippen LogP contribution in [0.1, 0.15) is 153 Å². The minimum absolute atomic E-state index is 0.0373. The quantitative estimate of drug-likeness (QED) is 0.0142. The monoisotopic (exact) mass is 1810 g/mol. The van der Waals surface area contributed by atoms with E-state index in [2.05, 4.69) is 36.4 Å². The second-order valence-electron chi connectivity index (χ2n) is 33.9. The van der Waals surface area contributed by atoms with E-state index in [-0.39, 0.29) is 30.1 Å². The average molecular weight is 1810 g/mol. The van der Waals surface area contributed by atoms with Crippen LogP contribution in [-0.4, -0.2) is 193 Å². The van der Waals surface area contributed by atoms with E-state index in [1.807, 2.05) is 125 Å². The van der Waals surface area contributed by atoms with Crippen molar-refractivity contribution in [2.75, 3.05) is 91.8 Å². The van der Waals surface area contributed by atoms with Crippen LogP contribution in [0.4, 0.5) is 39.5 Å². The number of aliphatic hydroxyl groups is 3. The van der Waals surface area contributed by atoms with E-state index in [4.69, 9.17) is 58.6 Å². The number of hydrogen-bond donors (Lipinski definition) is 3. The van der Waals surface area contributed by atoms with E-state index in [9.17, 15) is 69.2 Å². The zero-order valence-electron chi connectivity index (χ0n) is 69.5. The lowest BCUT2D eigenvalue weighted by molar-refractivity contribution is -0.946. The number of nitrogens with zero attached hydrogens (tertiary/aromatic N) is 4. The predicted octanol–water partition coefficient (Wildman–Crippen LogP) is 13.0. The molecule has 11 fully saturated rings. The topological polar surface area (TPSA) is 302 Å². The largest absolute Gasteiger partial charge is 0.542 e. The second-order valence-corrected chi connectivity index (χ2v) is 36.7. The van der Waals surface area contributed by atoms with Gasteiger partial charge in [0.2, 0.25) is 0 Å². The molecule has 3 aromatic heterocycles. The highest BCUT2D eigenvalue weighted by Crippen LogP contribution is 2.47. The summed E-state index contributed by atoms with van der Waals surface area (Å²) in [5.74, 6) is -7.61. The summed E-state index contributed by atoms with van der Waals surface area (Å²) >= 11 is 4.35. The smallest absolute Gasteiger partial charge is 0.430 e. The third kappa shape index (κ3) is 27.1. The normalized spacial score (nSPS) is 24.7. The van der Waals surface area contributed by atoms with Crippen molar-refractivity contribution in [2.45, 2.75) is 188 Å². The fourth-order valence-corrected chi connectivity index (χ4v) is 21.5. The molecule has 3 N–H and O–H groups in total. The van der Waals surface area contributed by atoms with Crippen LogP contribution in [0, 0.1) is 40.9 Å². The maximum Gasteiger partial charge on any atom is 0.430 e.